The molecule has 2 aromatic carbocycles. The fraction of sp³-hybridized carbons (Fsp3) is 0.118. The highest BCUT2D eigenvalue weighted by molar-refractivity contribution is 8.00. The van der Waals surface area contributed by atoms with Gasteiger partial charge in [-0.2, -0.15) is 0 Å². The molecule has 1 heterocycles. The normalized spacial score (nSPS) is 11.8. The number of aryl methyl sites for hydroxylation is 1. The third-order valence-electron chi connectivity index (χ3n) is 3.63. The molecular formula is C17H16N2O3S2. The van der Waals surface area contributed by atoms with Gasteiger partial charge < -0.3 is 10.7 Å². The molecular weight excluding hydrogens is 344 g/mol. The van der Waals surface area contributed by atoms with Crippen molar-refractivity contribution in [3.8, 4) is 0 Å². The lowest BCUT2D eigenvalue weighted by atomic mass is 10.2. The third kappa shape index (κ3) is 3.18. The fourth-order valence-corrected chi connectivity index (χ4v) is 5.24. The van der Waals surface area contributed by atoms with Gasteiger partial charge in [0.1, 0.15) is 5.69 Å². The second kappa shape index (κ2) is 5.99. The van der Waals surface area contributed by atoms with Crippen LogP contribution in [0, 0.1) is 6.92 Å². The molecule has 3 N–H and O–H groups in total. The van der Waals surface area contributed by atoms with E-state index in [0.717, 1.165) is 21.4 Å². The van der Waals surface area contributed by atoms with Crippen molar-refractivity contribution in [3.63, 3.8) is 0 Å². The molecule has 0 aliphatic heterocycles. The Balaban J connectivity index is 2.05. The quantitative estimate of drug-likeness (QED) is 0.747. The van der Waals surface area contributed by atoms with Gasteiger partial charge in [-0.25, -0.2) is 8.42 Å². The summed E-state index contributed by atoms with van der Waals surface area (Å²) in [5, 5.41) is 0.876. The van der Waals surface area contributed by atoms with Crippen molar-refractivity contribution in [2.75, 3.05) is 6.26 Å². The molecule has 1 amide bonds. The van der Waals surface area contributed by atoms with Crippen LogP contribution in [0.3, 0.4) is 0 Å². The summed E-state index contributed by atoms with van der Waals surface area (Å²) in [6, 6.07) is 12.7. The zero-order valence-corrected chi connectivity index (χ0v) is 14.8. The molecule has 0 unspecified atom stereocenters. The average Bonchev–Trinajstić information content (AvgIpc) is 2.89. The van der Waals surface area contributed by atoms with Crippen molar-refractivity contribution in [1.82, 2.24) is 4.98 Å². The number of aromatic nitrogens is 1. The van der Waals surface area contributed by atoms with Crippen LogP contribution in [0.5, 0.6) is 0 Å². The van der Waals surface area contributed by atoms with Crippen LogP contribution in [-0.4, -0.2) is 25.6 Å². The summed E-state index contributed by atoms with van der Waals surface area (Å²) in [6.07, 6.45) is 1.21. The number of H-pyrrole nitrogens is 1. The zero-order valence-electron chi connectivity index (χ0n) is 13.2. The number of hydrogen-bond acceptors (Lipinski definition) is 4. The van der Waals surface area contributed by atoms with Crippen molar-refractivity contribution in [2.45, 2.75) is 21.6 Å². The minimum Gasteiger partial charge on any atom is -0.364 e. The van der Waals surface area contributed by atoms with E-state index in [9.17, 15) is 13.2 Å². The Morgan fingerprint density at radius 3 is 2.58 bits per heavy atom. The lowest BCUT2D eigenvalue weighted by molar-refractivity contribution is 0.0996. The number of carbonyl (C=O) groups is 1. The predicted octanol–water partition coefficient (Wildman–Crippen LogP) is 3.13. The molecule has 5 nitrogen and oxygen atoms in total. The first-order valence-corrected chi connectivity index (χ1v) is 9.86. The van der Waals surface area contributed by atoms with Gasteiger partial charge in [-0.1, -0.05) is 30.0 Å². The van der Waals surface area contributed by atoms with Crippen LogP contribution in [-0.2, 0) is 9.84 Å². The van der Waals surface area contributed by atoms with E-state index in [2.05, 4.69) is 4.98 Å². The Bertz CT molecular complexity index is 1050. The van der Waals surface area contributed by atoms with E-state index in [1.807, 2.05) is 24.3 Å². The topological polar surface area (TPSA) is 93.0 Å². The summed E-state index contributed by atoms with van der Waals surface area (Å²) >= 11 is 1.37. The highest BCUT2D eigenvalue weighted by Crippen LogP contribution is 2.35. The Morgan fingerprint density at radius 1 is 1.17 bits per heavy atom. The van der Waals surface area contributed by atoms with Crippen molar-refractivity contribution in [1.29, 1.82) is 0 Å². The van der Waals surface area contributed by atoms with E-state index >= 15 is 0 Å². The largest absolute Gasteiger partial charge is 0.364 e. The van der Waals surface area contributed by atoms with Crippen molar-refractivity contribution in [3.05, 3.63) is 53.7 Å². The number of sulfone groups is 1. The number of primary amides is 1. The number of carbonyl (C=O) groups excluding carboxylic acids is 1. The molecule has 0 saturated heterocycles. The van der Waals surface area contributed by atoms with Crippen LogP contribution >= 0.6 is 11.8 Å². The Kier molecular flexibility index (Phi) is 4.15. The molecule has 7 heteroatoms. The van der Waals surface area contributed by atoms with Gasteiger partial charge >= 0.3 is 0 Å². The van der Waals surface area contributed by atoms with Crippen LogP contribution in [0.2, 0.25) is 0 Å². The molecule has 0 spiro atoms. The van der Waals surface area contributed by atoms with Crippen LogP contribution in [0.25, 0.3) is 10.9 Å². The monoisotopic (exact) mass is 360 g/mol. The summed E-state index contributed by atoms with van der Waals surface area (Å²) in [5.74, 6) is -0.515. The predicted molar refractivity (Wildman–Crippen MR) is 95.2 cm³/mol. The van der Waals surface area contributed by atoms with E-state index in [1.165, 1.54) is 18.0 Å². The molecule has 0 aliphatic rings. The maximum Gasteiger partial charge on any atom is 0.265 e. The molecule has 1 aromatic heterocycles. The van der Waals surface area contributed by atoms with Gasteiger partial charge in [0.25, 0.3) is 5.91 Å². The summed E-state index contributed by atoms with van der Waals surface area (Å²) in [5.41, 5.74) is 7.13. The number of amides is 1. The Hall–Kier alpha value is -2.25. The van der Waals surface area contributed by atoms with E-state index < -0.39 is 15.7 Å². The Labute approximate surface area is 144 Å². The minimum atomic E-state index is -3.32. The van der Waals surface area contributed by atoms with Crippen molar-refractivity contribution >= 4 is 38.4 Å². The van der Waals surface area contributed by atoms with Gasteiger partial charge in [0.2, 0.25) is 0 Å². The molecule has 0 fully saturated rings. The van der Waals surface area contributed by atoms with Crippen LogP contribution in [0.4, 0.5) is 0 Å². The minimum absolute atomic E-state index is 0.347. The molecule has 24 heavy (non-hydrogen) atoms. The van der Waals surface area contributed by atoms with Crippen molar-refractivity contribution < 1.29 is 13.2 Å². The second-order valence-electron chi connectivity index (χ2n) is 5.57. The lowest BCUT2D eigenvalue weighted by Crippen LogP contribution is -2.10. The lowest BCUT2D eigenvalue weighted by Gasteiger charge is -2.10. The zero-order chi connectivity index (χ0) is 17.5. The first kappa shape index (κ1) is 16.6. The molecule has 0 aliphatic carbocycles. The van der Waals surface area contributed by atoms with E-state index in [-0.39, 0.29) is 0 Å². The van der Waals surface area contributed by atoms with Crippen LogP contribution < -0.4 is 5.73 Å². The number of benzene rings is 2. The van der Waals surface area contributed by atoms with Crippen LogP contribution in [0.15, 0.2) is 57.2 Å². The molecule has 0 bridgehead atoms. The summed E-state index contributed by atoms with van der Waals surface area (Å²) in [6.45, 7) is 1.79. The van der Waals surface area contributed by atoms with Gasteiger partial charge in [-0.3, -0.25) is 4.79 Å². The number of rotatable bonds is 4. The average molecular weight is 360 g/mol. The van der Waals surface area contributed by atoms with E-state index in [4.69, 9.17) is 5.73 Å². The summed E-state index contributed by atoms with van der Waals surface area (Å²) < 4.78 is 24.2. The highest BCUT2D eigenvalue weighted by Gasteiger charge is 2.17. The van der Waals surface area contributed by atoms with Gasteiger partial charge in [-0.15, -0.1) is 0 Å². The molecule has 124 valence electrons. The Morgan fingerprint density at radius 2 is 1.92 bits per heavy atom. The smallest absolute Gasteiger partial charge is 0.265 e. The number of hydrogen-bond donors (Lipinski definition) is 2. The first-order valence-electron chi connectivity index (χ1n) is 7.16. The maximum absolute atomic E-state index is 12.1. The fourth-order valence-electron chi connectivity index (χ4n) is 2.61. The molecule has 3 rings (SSSR count). The number of nitrogens with two attached hydrogens (primary N) is 1. The number of fused-ring (bicyclic) bond motifs is 1. The first-order chi connectivity index (χ1) is 11.3. The van der Waals surface area contributed by atoms with Gasteiger partial charge in [0.15, 0.2) is 9.84 Å². The SMILES string of the molecule is Cc1cccc(Sc2ccc3cc(C(N)=O)[nH]c3c2)c1S(C)(=O)=O. The maximum atomic E-state index is 12.1. The van der Waals surface area contributed by atoms with Crippen molar-refractivity contribution in [2.24, 2.45) is 5.73 Å². The third-order valence-corrected chi connectivity index (χ3v) is 6.10. The van der Waals surface area contributed by atoms with Gasteiger partial charge in [0.05, 0.1) is 4.90 Å². The molecule has 3 aromatic rings. The number of aromatic amines is 1. The molecule has 0 saturated carbocycles. The molecule has 0 atom stereocenters. The second-order valence-corrected chi connectivity index (χ2v) is 8.64. The summed E-state index contributed by atoms with van der Waals surface area (Å²) in [4.78, 5) is 16.1. The van der Waals surface area contributed by atoms with Gasteiger partial charge in [0, 0.05) is 26.9 Å². The van der Waals surface area contributed by atoms with E-state index in [0.29, 0.717) is 15.5 Å². The van der Waals surface area contributed by atoms with Gasteiger partial charge in [-0.05, 0) is 36.8 Å². The molecule has 0 radical (unpaired) electrons. The highest BCUT2D eigenvalue weighted by atomic mass is 32.2. The number of nitrogens with one attached hydrogen (secondary N) is 1. The van der Waals surface area contributed by atoms with E-state index in [1.54, 1.807) is 25.1 Å². The summed E-state index contributed by atoms with van der Waals surface area (Å²) in [7, 11) is -3.32. The standard InChI is InChI=1S/C17H16N2O3S2/c1-10-4-3-5-15(16(10)24(2,21)22)23-12-7-6-11-8-14(17(18)20)19-13(11)9-12/h3-9,19H,1-2H3,(H2,18,20). The van der Waals surface area contributed by atoms with Crippen LogP contribution in [0.1, 0.15) is 16.1 Å².